The van der Waals surface area contributed by atoms with Gasteiger partial charge in [0.2, 0.25) is 11.7 Å². The predicted octanol–water partition coefficient (Wildman–Crippen LogP) is 2.50. The van der Waals surface area contributed by atoms with Crippen LogP contribution in [0.1, 0.15) is 28.5 Å². The van der Waals surface area contributed by atoms with E-state index in [4.69, 9.17) is 4.74 Å². The van der Waals surface area contributed by atoms with Crippen molar-refractivity contribution >= 4 is 29.0 Å². The van der Waals surface area contributed by atoms with Crippen molar-refractivity contribution < 1.29 is 19.1 Å². The van der Waals surface area contributed by atoms with Gasteiger partial charge in [0, 0.05) is 24.4 Å². The van der Waals surface area contributed by atoms with Crippen LogP contribution in [0.25, 0.3) is 5.52 Å². The van der Waals surface area contributed by atoms with Gasteiger partial charge in [-0.1, -0.05) is 6.07 Å². The molecule has 0 radical (unpaired) electrons. The van der Waals surface area contributed by atoms with Crippen molar-refractivity contribution in [3.05, 3.63) is 71.5 Å². The number of nitrogens with one attached hydrogen (secondary N) is 1. The van der Waals surface area contributed by atoms with E-state index < -0.39 is 12.2 Å². The Kier molecular flexibility index (Phi) is 4.94. The minimum Gasteiger partial charge on any atom is -0.442 e. The number of hydrogen-bond donors (Lipinski definition) is 1. The number of pyridine rings is 1. The number of cyclic esters (lactones) is 1. The van der Waals surface area contributed by atoms with E-state index in [0.29, 0.717) is 34.6 Å². The van der Waals surface area contributed by atoms with Crippen LogP contribution < -0.4 is 10.2 Å². The van der Waals surface area contributed by atoms with Crippen molar-refractivity contribution in [2.75, 3.05) is 18.0 Å². The Labute approximate surface area is 172 Å². The maximum Gasteiger partial charge on any atom is 0.414 e. The van der Waals surface area contributed by atoms with Crippen LogP contribution in [0.15, 0.2) is 54.7 Å². The molecule has 1 aliphatic heterocycles. The number of fused-ring (bicyclic) bond motifs is 1. The number of carbonyl (C=O) groups excluding carboxylic acids is 3. The number of ketones is 1. The van der Waals surface area contributed by atoms with Crippen molar-refractivity contribution in [1.82, 2.24) is 9.72 Å². The quantitative estimate of drug-likeness (QED) is 0.661. The van der Waals surface area contributed by atoms with Gasteiger partial charge < -0.3 is 14.5 Å². The largest absolute Gasteiger partial charge is 0.442 e. The fourth-order valence-corrected chi connectivity index (χ4v) is 3.45. The highest BCUT2D eigenvalue weighted by molar-refractivity contribution is 6.09. The van der Waals surface area contributed by atoms with E-state index in [1.165, 1.54) is 11.8 Å². The molecule has 8 nitrogen and oxygen atoms in total. The van der Waals surface area contributed by atoms with Crippen molar-refractivity contribution in [3.63, 3.8) is 0 Å². The number of ether oxygens (including phenoxy) is 1. The van der Waals surface area contributed by atoms with Gasteiger partial charge >= 0.3 is 6.09 Å². The smallest absolute Gasteiger partial charge is 0.414 e. The zero-order chi connectivity index (χ0) is 21.3. The van der Waals surface area contributed by atoms with Crippen LogP contribution >= 0.6 is 0 Å². The summed E-state index contributed by atoms with van der Waals surface area (Å²) in [6, 6.07) is 15.7. The van der Waals surface area contributed by atoms with Crippen LogP contribution in [0.4, 0.5) is 10.5 Å². The van der Waals surface area contributed by atoms with Crippen LogP contribution in [-0.4, -0.2) is 41.4 Å². The van der Waals surface area contributed by atoms with E-state index in [9.17, 15) is 19.6 Å². The highest BCUT2D eigenvalue weighted by Gasteiger charge is 2.32. The molecule has 0 unspecified atom stereocenters. The third kappa shape index (κ3) is 3.49. The number of benzene rings is 1. The zero-order valence-electron chi connectivity index (χ0n) is 16.2. The van der Waals surface area contributed by atoms with E-state index in [1.54, 1.807) is 53.1 Å². The summed E-state index contributed by atoms with van der Waals surface area (Å²) in [6.45, 7) is 1.95. The number of anilines is 1. The molecule has 0 bridgehead atoms. The van der Waals surface area contributed by atoms with Crippen molar-refractivity contribution in [1.29, 1.82) is 5.26 Å². The zero-order valence-corrected chi connectivity index (χ0v) is 16.2. The summed E-state index contributed by atoms with van der Waals surface area (Å²) in [7, 11) is 0. The summed E-state index contributed by atoms with van der Waals surface area (Å²) in [4.78, 5) is 37.7. The first-order valence-electron chi connectivity index (χ1n) is 9.35. The Morgan fingerprint density at radius 2 is 2.00 bits per heavy atom. The van der Waals surface area contributed by atoms with E-state index in [-0.39, 0.29) is 18.2 Å². The van der Waals surface area contributed by atoms with E-state index in [1.807, 2.05) is 6.07 Å². The van der Waals surface area contributed by atoms with Crippen molar-refractivity contribution in [3.8, 4) is 6.07 Å². The van der Waals surface area contributed by atoms with Gasteiger partial charge in [0.15, 0.2) is 0 Å². The molecule has 2 aromatic heterocycles. The molecule has 8 heteroatoms. The number of aromatic nitrogens is 1. The number of nitrogens with zero attached hydrogens (tertiary/aromatic N) is 3. The minimum absolute atomic E-state index is 0.190. The molecular weight excluding hydrogens is 384 g/mol. The van der Waals surface area contributed by atoms with Gasteiger partial charge in [-0.25, -0.2) is 4.79 Å². The third-order valence-electron chi connectivity index (χ3n) is 4.92. The molecule has 30 heavy (non-hydrogen) atoms. The molecule has 1 saturated heterocycles. The maximum atomic E-state index is 13.0. The SMILES string of the molecule is CC(=O)NC[C@H]1CN(c2ccc(C(=O)c3cc(C#N)c4ccccn34)cc2)C(=O)O1. The molecule has 3 aromatic rings. The molecule has 0 spiro atoms. The van der Waals surface area contributed by atoms with Gasteiger partial charge in [0.25, 0.3) is 0 Å². The number of rotatable bonds is 5. The van der Waals surface area contributed by atoms with Crippen LogP contribution in [0.2, 0.25) is 0 Å². The van der Waals surface area contributed by atoms with Gasteiger partial charge in [-0.15, -0.1) is 0 Å². The standard InChI is InChI=1S/C22H18N4O4/c1-14(27)24-12-18-13-26(22(29)30-18)17-7-5-15(6-8-17)21(28)20-10-16(11-23)19-4-2-3-9-25(19)20/h2-10,18H,12-13H2,1H3,(H,24,27)/t18-/m0/s1. The maximum absolute atomic E-state index is 13.0. The summed E-state index contributed by atoms with van der Waals surface area (Å²) in [5.41, 5.74) is 2.53. The number of amides is 2. The molecule has 1 atom stereocenters. The molecule has 150 valence electrons. The molecule has 1 N–H and O–H groups in total. The lowest BCUT2D eigenvalue weighted by Crippen LogP contribution is -2.33. The molecule has 1 fully saturated rings. The normalized spacial score (nSPS) is 15.7. The van der Waals surface area contributed by atoms with E-state index in [0.717, 1.165) is 0 Å². The second-order valence-corrected chi connectivity index (χ2v) is 6.94. The monoisotopic (exact) mass is 402 g/mol. The molecule has 0 aliphatic carbocycles. The van der Waals surface area contributed by atoms with Gasteiger partial charge in [-0.05, 0) is 42.5 Å². The van der Waals surface area contributed by atoms with Crippen LogP contribution in [-0.2, 0) is 9.53 Å². The second kappa shape index (κ2) is 7.72. The lowest BCUT2D eigenvalue weighted by Gasteiger charge is -2.13. The molecular formula is C22H18N4O4. The molecule has 4 rings (SSSR count). The van der Waals surface area contributed by atoms with Crippen LogP contribution in [0, 0.1) is 11.3 Å². The number of carbonyl (C=O) groups is 3. The minimum atomic E-state index is -0.499. The first-order chi connectivity index (χ1) is 14.5. The Morgan fingerprint density at radius 3 is 2.70 bits per heavy atom. The predicted molar refractivity (Wildman–Crippen MR) is 108 cm³/mol. The first kappa shape index (κ1) is 19.2. The summed E-state index contributed by atoms with van der Waals surface area (Å²) in [5.74, 6) is -0.415. The van der Waals surface area contributed by atoms with Gasteiger partial charge in [0.05, 0.1) is 29.9 Å². The average Bonchev–Trinajstić information content (AvgIpc) is 3.32. The molecule has 1 aromatic carbocycles. The fourth-order valence-electron chi connectivity index (χ4n) is 3.45. The summed E-state index contributed by atoms with van der Waals surface area (Å²) < 4.78 is 6.95. The highest BCUT2D eigenvalue weighted by atomic mass is 16.6. The summed E-state index contributed by atoms with van der Waals surface area (Å²) in [6.07, 6.45) is 0.813. The molecule has 2 amide bonds. The van der Waals surface area contributed by atoms with Gasteiger partial charge in [-0.3, -0.25) is 14.5 Å². The Hall–Kier alpha value is -4.12. The first-order valence-corrected chi connectivity index (χ1v) is 9.35. The van der Waals surface area contributed by atoms with E-state index in [2.05, 4.69) is 11.4 Å². The third-order valence-corrected chi connectivity index (χ3v) is 4.92. The highest BCUT2D eigenvalue weighted by Crippen LogP contribution is 2.24. The number of nitriles is 1. The molecule has 1 aliphatic rings. The van der Waals surface area contributed by atoms with Gasteiger partial charge in [0.1, 0.15) is 12.2 Å². The fraction of sp³-hybridized carbons (Fsp3) is 0.182. The van der Waals surface area contributed by atoms with Gasteiger partial charge in [-0.2, -0.15) is 5.26 Å². The summed E-state index contributed by atoms with van der Waals surface area (Å²) >= 11 is 0. The lowest BCUT2D eigenvalue weighted by molar-refractivity contribution is -0.119. The van der Waals surface area contributed by atoms with Crippen molar-refractivity contribution in [2.45, 2.75) is 13.0 Å². The van der Waals surface area contributed by atoms with Crippen molar-refractivity contribution in [2.24, 2.45) is 0 Å². The van der Waals surface area contributed by atoms with Crippen LogP contribution in [0.5, 0.6) is 0 Å². The number of hydrogen-bond acceptors (Lipinski definition) is 5. The van der Waals surface area contributed by atoms with E-state index >= 15 is 0 Å². The average molecular weight is 402 g/mol. The summed E-state index contributed by atoms with van der Waals surface area (Å²) in [5, 5.41) is 12.0. The molecule has 0 saturated carbocycles. The van der Waals surface area contributed by atoms with Crippen LogP contribution in [0.3, 0.4) is 0 Å². The lowest BCUT2D eigenvalue weighted by atomic mass is 10.1. The topological polar surface area (TPSA) is 104 Å². The Morgan fingerprint density at radius 1 is 1.23 bits per heavy atom. The second-order valence-electron chi connectivity index (χ2n) is 6.94. The molecule has 3 heterocycles. The Bertz CT molecular complexity index is 1190. The Balaban J connectivity index is 1.55.